The maximum absolute atomic E-state index is 13.4. The van der Waals surface area contributed by atoms with Crippen LogP contribution in [0.1, 0.15) is 5.56 Å². The third-order valence-electron chi connectivity index (χ3n) is 3.21. The van der Waals surface area contributed by atoms with E-state index in [1.54, 1.807) is 30.3 Å². The third-order valence-corrected chi connectivity index (χ3v) is 3.21. The van der Waals surface area contributed by atoms with Crippen molar-refractivity contribution in [3.05, 3.63) is 53.8 Å². The second-order valence-electron chi connectivity index (χ2n) is 4.86. The van der Waals surface area contributed by atoms with Gasteiger partial charge in [0.1, 0.15) is 0 Å². The molecule has 0 atom stereocenters. The molecular formula is C16H13FN2O3. The lowest BCUT2D eigenvalue weighted by Gasteiger charge is -2.09. The SMILES string of the molecule is O=C(COc1ccccc1F)Nc1ccc2c(c1)CC(=O)N2. The molecule has 22 heavy (non-hydrogen) atoms. The Labute approximate surface area is 126 Å². The van der Waals surface area contributed by atoms with Crippen molar-refractivity contribution >= 4 is 23.2 Å². The van der Waals surface area contributed by atoms with Crippen molar-refractivity contribution in [1.29, 1.82) is 0 Å². The molecule has 0 saturated heterocycles. The molecule has 1 aliphatic heterocycles. The van der Waals surface area contributed by atoms with Crippen LogP contribution in [0.2, 0.25) is 0 Å². The van der Waals surface area contributed by atoms with Gasteiger partial charge in [0.05, 0.1) is 6.42 Å². The molecule has 112 valence electrons. The van der Waals surface area contributed by atoms with Crippen molar-refractivity contribution < 1.29 is 18.7 Å². The first-order chi connectivity index (χ1) is 10.6. The summed E-state index contributed by atoms with van der Waals surface area (Å²) < 4.78 is 18.5. The smallest absolute Gasteiger partial charge is 0.262 e. The Balaban J connectivity index is 1.60. The minimum Gasteiger partial charge on any atom is -0.481 e. The Morgan fingerprint density at radius 3 is 2.91 bits per heavy atom. The number of hydrogen-bond acceptors (Lipinski definition) is 3. The minimum absolute atomic E-state index is 0.0291. The van der Waals surface area contributed by atoms with E-state index in [2.05, 4.69) is 10.6 Å². The van der Waals surface area contributed by atoms with Gasteiger partial charge in [0.2, 0.25) is 5.91 Å². The predicted octanol–water partition coefficient (Wildman–Crippen LogP) is 2.34. The number of fused-ring (bicyclic) bond motifs is 1. The summed E-state index contributed by atoms with van der Waals surface area (Å²) >= 11 is 0. The number of anilines is 2. The number of hydrogen-bond donors (Lipinski definition) is 2. The second kappa shape index (κ2) is 5.85. The summed E-state index contributed by atoms with van der Waals surface area (Å²) in [6.07, 6.45) is 0.296. The van der Waals surface area contributed by atoms with E-state index < -0.39 is 11.7 Å². The topological polar surface area (TPSA) is 67.4 Å². The first kappa shape index (κ1) is 14.1. The summed E-state index contributed by atoms with van der Waals surface area (Å²) in [4.78, 5) is 23.1. The van der Waals surface area contributed by atoms with Crippen LogP contribution in [-0.4, -0.2) is 18.4 Å². The first-order valence-electron chi connectivity index (χ1n) is 6.72. The number of carbonyl (C=O) groups excluding carboxylic acids is 2. The van der Waals surface area contributed by atoms with Gasteiger partial charge in [-0.15, -0.1) is 0 Å². The van der Waals surface area contributed by atoms with Gasteiger partial charge in [0, 0.05) is 11.4 Å². The molecule has 0 aliphatic carbocycles. The molecule has 0 saturated carbocycles. The van der Waals surface area contributed by atoms with E-state index in [4.69, 9.17) is 4.74 Å². The van der Waals surface area contributed by atoms with Crippen LogP contribution in [0, 0.1) is 5.82 Å². The number of para-hydroxylation sites is 1. The molecule has 0 radical (unpaired) electrons. The summed E-state index contributed by atoms with van der Waals surface area (Å²) in [5.74, 6) is -0.958. The molecule has 1 aliphatic rings. The molecule has 0 bridgehead atoms. The standard InChI is InChI=1S/C16H13FN2O3/c17-12-3-1-2-4-14(12)22-9-16(21)18-11-5-6-13-10(7-11)8-15(20)19-13/h1-7H,8-9H2,(H,18,21)(H,19,20). The van der Waals surface area contributed by atoms with Gasteiger partial charge in [-0.1, -0.05) is 12.1 Å². The molecular weight excluding hydrogens is 287 g/mol. The minimum atomic E-state index is -0.516. The van der Waals surface area contributed by atoms with Gasteiger partial charge in [-0.2, -0.15) is 0 Å². The number of ether oxygens (including phenoxy) is 1. The van der Waals surface area contributed by atoms with E-state index in [1.807, 2.05) is 0 Å². The van der Waals surface area contributed by atoms with Gasteiger partial charge < -0.3 is 15.4 Å². The van der Waals surface area contributed by atoms with Crippen LogP contribution in [0.5, 0.6) is 5.75 Å². The summed E-state index contributed by atoms with van der Waals surface area (Å²) in [6, 6.07) is 11.0. The number of rotatable bonds is 4. The zero-order valence-corrected chi connectivity index (χ0v) is 11.6. The average molecular weight is 300 g/mol. The lowest BCUT2D eigenvalue weighted by Crippen LogP contribution is -2.20. The molecule has 0 aromatic heterocycles. The zero-order valence-electron chi connectivity index (χ0n) is 11.6. The van der Waals surface area contributed by atoms with Crippen molar-refractivity contribution in [2.24, 2.45) is 0 Å². The van der Waals surface area contributed by atoms with Crippen molar-refractivity contribution in [2.75, 3.05) is 17.2 Å². The number of amides is 2. The number of nitrogens with one attached hydrogen (secondary N) is 2. The van der Waals surface area contributed by atoms with Crippen molar-refractivity contribution in [2.45, 2.75) is 6.42 Å². The fraction of sp³-hybridized carbons (Fsp3) is 0.125. The fourth-order valence-corrected chi connectivity index (χ4v) is 2.21. The molecule has 0 unspecified atom stereocenters. The van der Waals surface area contributed by atoms with Crippen molar-refractivity contribution in [3.8, 4) is 5.75 Å². The quantitative estimate of drug-likeness (QED) is 0.910. The molecule has 3 rings (SSSR count). The van der Waals surface area contributed by atoms with E-state index in [1.165, 1.54) is 12.1 Å². The van der Waals surface area contributed by atoms with Crippen LogP contribution in [0.4, 0.5) is 15.8 Å². The van der Waals surface area contributed by atoms with Crippen LogP contribution in [-0.2, 0) is 16.0 Å². The molecule has 0 fully saturated rings. The van der Waals surface area contributed by atoms with E-state index >= 15 is 0 Å². The van der Waals surface area contributed by atoms with Crippen LogP contribution >= 0.6 is 0 Å². The van der Waals surface area contributed by atoms with E-state index in [-0.39, 0.29) is 18.3 Å². The average Bonchev–Trinajstić information content (AvgIpc) is 2.86. The largest absolute Gasteiger partial charge is 0.481 e. The van der Waals surface area contributed by atoms with Gasteiger partial charge in [-0.25, -0.2) is 4.39 Å². The normalized spacial score (nSPS) is 12.5. The second-order valence-corrected chi connectivity index (χ2v) is 4.86. The lowest BCUT2D eigenvalue weighted by atomic mass is 10.1. The highest BCUT2D eigenvalue weighted by Gasteiger charge is 2.18. The van der Waals surface area contributed by atoms with E-state index in [9.17, 15) is 14.0 Å². The highest BCUT2D eigenvalue weighted by Crippen LogP contribution is 2.26. The monoisotopic (exact) mass is 300 g/mol. The molecule has 2 N–H and O–H groups in total. The Morgan fingerprint density at radius 1 is 1.27 bits per heavy atom. The molecule has 6 heteroatoms. The number of halogens is 1. The zero-order chi connectivity index (χ0) is 15.5. The summed E-state index contributed by atoms with van der Waals surface area (Å²) in [6.45, 7) is -0.296. The number of carbonyl (C=O) groups is 2. The predicted molar refractivity (Wildman–Crippen MR) is 79.3 cm³/mol. The van der Waals surface area contributed by atoms with Crippen LogP contribution in [0.3, 0.4) is 0 Å². The molecule has 0 spiro atoms. The fourth-order valence-electron chi connectivity index (χ4n) is 2.21. The molecule has 1 heterocycles. The maximum Gasteiger partial charge on any atom is 0.262 e. The van der Waals surface area contributed by atoms with E-state index in [0.29, 0.717) is 12.1 Å². The van der Waals surface area contributed by atoms with Gasteiger partial charge in [0.25, 0.3) is 5.91 Å². The van der Waals surface area contributed by atoms with Crippen molar-refractivity contribution in [1.82, 2.24) is 0 Å². The lowest BCUT2D eigenvalue weighted by molar-refractivity contribution is -0.118. The summed E-state index contributed by atoms with van der Waals surface area (Å²) in [5, 5.41) is 5.36. The van der Waals surface area contributed by atoms with Gasteiger partial charge >= 0.3 is 0 Å². The molecule has 2 aromatic carbocycles. The van der Waals surface area contributed by atoms with E-state index in [0.717, 1.165) is 11.3 Å². The summed E-state index contributed by atoms with van der Waals surface area (Å²) in [5.41, 5.74) is 2.15. The Kier molecular flexibility index (Phi) is 3.74. The Hall–Kier alpha value is -2.89. The van der Waals surface area contributed by atoms with Crippen LogP contribution in [0.15, 0.2) is 42.5 Å². The van der Waals surface area contributed by atoms with Gasteiger partial charge in [-0.05, 0) is 35.9 Å². The highest BCUT2D eigenvalue weighted by molar-refractivity contribution is 6.00. The Morgan fingerprint density at radius 2 is 2.09 bits per heavy atom. The van der Waals surface area contributed by atoms with Crippen molar-refractivity contribution in [3.63, 3.8) is 0 Å². The van der Waals surface area contributed by atoms with Crippen LogP contribution < -0.4 is 15.4 Å². The Bertz CT molecular complexity index is 746. The number of benzene rings is 2. The molecule has 5 nitrogen and oxygen atoms in total. The molecule has 2 amide bonds. The highest BCUT2D eigenvalue weighted by atomic mass is 19.1. The molecule has 2 aromatic rings. The summed E-state index contributed by atoms with van der Waals surface area (Å²) in [7, 11) is 0. The van der Waals surface area contributed by atoms with Gasteiger partial charge in [-0.3, -0.25) is 9.59 Å². The maximum atomic E-state index is 13.4. The van der Waals surface area contributed by atoms with Crippen LogP contribution in [0.25, 0.3) is 0 Å². The third kappa shape index (κ3) is 3.06. The van der Waals surface area contributed by atoms with Gasteiger partial charge in [0.15, 0.2) is 18.2 Å². The first-order valence-corrected chi connectivity index (χ1v) is 6.72.